The molecule has 1 aliphatic rings. The third-order valence-corrected chi connectivity index (χ3v) is 3.04. The normalized spacial score (nSPS) is 19.2. The van der Waals surface area contributed by atoms with Gasteiger partial charge in [-0.15, -0.1) is 0 Å². The summed E-state index contributed by atoms with van der Waals surface area (Å²) in [7, 11) is 0. The fourth-order valence-corrected chi connectivity index (χ4v) is 2.19. The third kappa shape index (κ3) is 4.07. The minimum atomic E-state index is -0.421. The van der Waals surface area contributed by atoms with Crippen LogP contribution in [0.2, 0.25) is 0 Å². The monoisotopic (exact) mass is 238 g/mol. The summed E-state index contributed by atoms with van der Waals surface area (Å²) in [5, 5.41) is 13.2. The maximum Gasteiger partial charge on any atom is 0.123 e. The number of aliphatic hydroxyl groups excluding tert-OH is 1. The van der Waals surface area contributed by atoms with Crippen LogP contribution >= 0.6 is 0 Å². The standard InChI is InChI=1S/C13H19FN2O/c14-12-3-1-2-11(8-12)9-13(17)10-16-6-4-15-5-7-16/h1-3,8,13,15,17H,4-7,9-10H2. The Morgan fingerprint density at radius 1 is 1.35 bits per heavy atom. The van der Waals surface area contributed by atoms with Crippen molar-refractivity contribution in [3.8, 4) is 0 Å². The number of piperazine rings is 1. The number of nitrogens with zero attached hydrogens (tertiary/aromatic N) is 1. The van der Waals surface area contributed by atoms with Crippen molar-refractivity contribution in [2.45, 2.75) is 12.5 Å². The van der Waals surface area contributed by atoms with Crippen molar-refractivity contribution in [2.24, 2.45) is 0 Å². The summed E-state index contributed by atoms with van der Waals surface area (Å²) in [6.07, 6.45) is 0.0942. The molecule has 1 aliphatic heterocycles. The molecule has 1 saturated heterocycles. The van der Waals surface area contributed by atoms with Crippen molar-refractivity contribution in [1.29, 1.82) is 0 Å². The van der Waals surface area contributed by atoms with Crippen LogP contribution in [0.4, 0.5) is 4.39 Å². The van der Waals surface area contributed by atoms with Gasteiger partial charge < -0.3 is 10.4 Å². The molecule has 0 aliphatic carbocycles. The molecule has 0 amide bonds. The highest BCUT2D eigenvalue weighted by atomic mass is 19.1. The average Bonchev–Trinajstić information content (AvgIpc) is 2.30. The molecule has 94 valence electrons. The van der Waals surface area contributed by atoms with Crippen LogP contribution in [-0.2, 0) is 6.42 Å². The van der Waals surface area contributed by atoms with Crippen LogP contribution in [0.3, 0.4) is 0 Å². The van der Waals surface area contributed by atoms with Gasteiger partial charge in [0.2, 0.25) is 0 Å². The first-order chi connectivity index (χ1) is 8.24. The lowest BCUT2D eigenvalue weighted by Crippen LogP contribution is -2.46. The first kappa shape index (κ1) is 12.5. The van der Waals surface area contributed by atoms with Crippen LogP contribution in [0.15, 0.2) is 24.3 Å². The van der Waals surface area contributed by atoms with Gasteiger partial charge in [0.25, 0.3) is 0 Å². The summed E-state index contributed by atoms with van der Waals surface area (Å²) in [4.78, 5) is 2.24. The van der Waals surface area contributed by atoms with Crippen LogP contribution < -0.4 is 5.32 Å². The van der Waals surface area contributed by atoms with Crippen molar-refractivity contribution in [2.75, 3.05) is 32.7 Å². The Balaban J connectivity index is 1.82. The van der Waals surface area contributed by atoms with E-state index >= 15 is 0 Å². The lowest BCUT2D eigenvalue weighted by atomic mass is 10.1. The predicted octanol–water partition coefficient (Wildman–Crippen LogP) is 0.634. The van der Waals surface area contributed by atoms with Gasteiger partial charge in [0, 0.05) is 32.7 Å². The van der Waals surface area contributed by atoms with E-state index in [1.54, 1.807) is 6.07 Å². The van der Waals surface area contributed by atoms with E-state index in [1.807, 2.05) is 6.07 Å². The highest BCUT2D eigenvalue weighted by Gasteiger charge is 2.14. The lowest BCUT2D eigenvalue weighted by Gasteiger charge is -2.29. The molecule has 0 bridgehead atoms. The minimum Gasteiger partial charge on any atom is -0.391 e. The second kappa shape index (κ2) is 6.10. The lowest BCUT2D eigenvalue weighted by molar-refractivity contribution is 0.105. The van der Waals surface area contributed by atoms with Gasteiger partial charge in [-0.25, -0.2) is 4.39 Å². The van der Waals surface area contributed by atoms with Gasteiger partial charge in [-0.3, -0.25) is 4.90 Å². The second-order valence-electron chi connectivity index (χ2n) is 4.54. The topological polar surface area (TPSA) is 35.5 Å². The zero-order valence-electron chi connectivity index (χ0n) is 9.90. The van der Waals surface area contributed by atoms with E-state index in [9.17, 15) is 9.50 Å². The number of hydrogen-bond donors (Lipinski definition) is 2. The number of halogens is 1. The Kier molecular flexibility index (Phi) is 4.48. The molecule has 0 radical (unpaired) electrons. The van der Waals surface area contributed by atoms with E-state index in [4.69, 9.17) is 0 Å². The molecule has 1 fully saturated rings. The Morgan fingerprint density at radius 2 is 2.12 bits per heavy atom. The maximum atomic E-state index is 13.0. The third-order valence-electron chi connectivity index (χ3n) is 3.04. The average molecular weight is 238 g/mol. The van der Waals surface area contributed by atoms with Crippen molar-refractivity contribution in [3.63, 3.8) is 0 Å². The largest absolute Gasteiger partial charge is 0.391 e. The molecule has 0 spiro atoms. The van der Waals surface area contributed by atoms with Crippen molar-refractivity contribution >= 4 is 0 Å². The van der Waals surface area contributed by atoms with Gasteiger partial charge in [-0.2, -0.15) is 0 Å². The molecule has 2 rings (SSSR count). The highest BCUT2D eigenvalue weighted by molar-refractivity contribution is 5.17. The van der Waals surface area contributed by atoms with Gasteiger partial charge in [-0.1, -0.05) is 12.1 Å². The van der Waals surface area contributed by atoms with Gasteiger partial charge in [-0.05, 0) is 24.1 Å². The molecular formula is C13H19FN2O. The van der Waals surface area contributed by atoms with E-state index in [0.29, 0.717) is 13.0 Å². The number of benzene rings is 1. The molecule has 17 heavy (non-hydrogen) atoms. The summed E-state index contributed by atoms with van der Waals surface area (Å²) in [6.45, 7) is 4.57. The zero-order chi connectivity index (χ0) is 12.1. The number of hydrogen-bond acceptors (Lipinski definition) is 3. The fraction of sp³-hybridized carbons (Fsp3) is 0.538. The van der Waals surface area contributed by atoms with E-state index in [2.05, 4.69) is 10.2 Å². The molecule has 0 saturated carbocycles. The molecule has 1 unspecified atom stereocenters. The summed E-state index contributed by atoms with van der Waals surface area (Å²) < 4.78 is 13.0. The molecule has 2 N–H and O–H groups in total. The fourth-order valence-electron chi connectivity index (χ4n) is 2.19. The van der Waals surface area contributed by atoms with Crippen LogP contribution in [0.5, 0.6) is 0 Å². The van der Waals surface area contributed by atoms with E-state index in [0.717, 1.165) is 31.7 Å². The first-order valence-electron chi connectivity index (χ1n) is 6.09. The Hall–Kier alpha value is -0.970. The summed E-state index contributed by atoms with van der Waals surface area (Å²) in [5.41, 5.74) is 0.854. The predicted molar refractivity (Wildman–Crippen MR) is 65.4 cm³/mol. The van der Waals surface area contributed by atoms with Gasteiger partial charge >= 0.3 is 0 Å². The van der Waals surface area contributed by atoms with Crippen LogP contribution in [0.25, 0.3) is 0 Å². The van der Waals surface area contributed by atoms with Crippen LogP contribution in [-0.4, -0.2) is 48.8 Å². The molecule has 4 heteroatoms. The molecule has 0 aromatic heterocycles. The maximum absolute atomic E-state index is 13.0. The summed E-state index contributed by atoms with van der Waals surface area (Å²) in [5.74, 6) is -0.239. The number of aliphatic hydroxyl groups is 1. The van der Waals surface area contributed by atoms with E-state index in [1.165, 1.54) is 12.1 Å². The van der Waals surface area contributed by atoms with Gasteiger partial charge in [0.1, 0.15) is 5.82 Å². The van der Waals surface area contributed by atoms with E-state index in [-0.39, 0.29) is 5.82 Å². The molecular weight excluding hydrogens is 219 g/mol. The summed E-state index contributed by atoms with van der Waals surface area (Å²) >= 11 is 0. The van der Waals surface area contributed by atoms with Crippen molar-refractivity contribution < 1.29 is 9.50 Å². The SMILES string of the molecule is OC(Cc1cccc(F)c1)CN1CCNCC1. The Morgan fingerprint density at radius 3 is 2.82 bits per heavy atom. The number of β-amino-alcohol motifs (C(OH)–C–C–N with tert-alkyl or cyclic N) is 1. The quantitative estimate of drug-likeness (QED) is 0.808. The van der Waals surface area contributed by atoms with Crippen LogP contribution in [0, 0.1) is 5.82 Å². The second-order valence-corrected chi connectivity index (χ2v) is 4.54. The molecule has 1 atom stereocenters. The van der Waals surface area contributed by atoms with Crippen molar-refractivity contribution in [3.05, 3.63) is 35.6 Å². The van der Waals surface area contributed by atoms with Gasteiger partial charge in [0.15, 0.2) is 0 Å². The smallest absolute Gasteiger partial charge is 0.123 e. The first-order valence-corrected chi connectivity index (χ1v) is 6.09. The molecule has 1 aromatic carbocycles. The van der Waals surface area contributed by atoms with Gasteiger partial charge in [0.05, 0.1) is 6.10 Å². The summed E-state index contributed by atoms with van der Waals surface area (Å²) in [6, 6.07) is 6.44. The number of rotatable bonds is 4. The van der Waals surface area contributed by atoms with Crippen molar-refractivity contribution in [1.82, 2.24) is 10.2 Å². The van der Waals surface area contributed by atoms with Crippen LogP contribution in [0.1, 0.15) is 5.56 Å². The highest BCUT2D eigenvalue weighted by Crippen LogP contribution is 2.07. The number of nitrogens with one attached hydrogen (secondary N) is 1. The minimum absolute atomic E-state index is 0.239. The molecule has 1 heterocycles. The van der Waals surface area contributed by atoms with E-state index < -0.39 is 6.10 Å². The zero-order valence-corrected chi connectivity index (χ0v) is 9.90. The Bertz CT molecular complexity index is 353. The molecule has 3 nitrogen and oxygen atoms in total. The molecule has 1 aromatic rings. The Labute approximate surface area is 101 Å².